The summed E-state index contributed by atoms with van der Waals surface area (Å²) in [5, 5.41) is 19.4. The molecule has 1 atom stereocenters. The average molecular weight is 342 g/mol. The molecular weight excluding hydrogens is 322 g/mol. The van der Waals surface area contributed by atoms with E-state index in [9.17, 15) is 5.11 Å². The minimum absolute atomic E-state index is 0.258. The van der Waals surface area contributed by atoms with E-state index >= 15 is 0 Å². The predicted molar refractivity (Wildman–Crippen MR) is 88.2 cm³/mol. The third-order valence-corrected chi connectivity index (χ3v) is 4.50. The van der Waals surface area contributed by atoms with Crippen LogP contribution in [0, 0.1) is 0 Å². The summed E-state index contributed by atoms with van der Waals surface area (Å²) in [6.07, 6.45) is 1.14. The molecule has 0 fully saturated rings. The maximum atomic E-state index is 9.99. The first-order valence-electron chi connectivity index (χ1n) is 7.09. The standard InChI is InChI=1S/C15H20ClN3O2S/c1-11(2)19-10-17-18-15(19)22-9-13(20)8-21-7-12-5-3-4-6-14(12)16/h3-6,10-11,13,20H,7-9H2,1-2H3. The molecule has 0 saturated carbocycles. The fraction of sp³-hybridized carbons (Fsp3) is 0.467. The predicted octanol–water partition coefficient (Wildman–Crippen LogP) is 3.18. The molecule has 1 heterocycles. The van der Waals surface area contributed by atoms with Crippen LogP contribution < -0.4 is 0 Å². The van der Waals surface area contributed by atoms with Gasteiger partial charge in [-0.1, -0.05) is 41.6 Å². The number of aliphatic hydroxyl groups is 1. The number of hydrogen-bond acceptors (Lipinski definition) is 5. The van der Waals surface area contributed by atoms with Crippen LogP contribution >= 0.6 is 23.4 Å². The van der Waals surface area contributed by atoms with Gasteiger partial charge in [0, 0.05) is 16.8 Å². The molecule has 1 aromatic carbocycles. The van der Waals surface area contributed by atoms with E-state index in [0.717, 1.165) is 10.7 Å². The molecular formula is C15H20ClN3O2S. The number of aliphatic hydroxyl groups excluding tert-OH is 1. The van der Waals surface area contributed by atoms with Gasteiger partial charge in [-0.15, -0.1) is 10.2 Å². The molecule has 22 heavy (non-hydrogen) atoms. The average Bonchev–Trinajstić information content (AvgIpc) is 2.96. The Morgan fingerprint density at radius 2 is 2.14 bits per heavy atom. The van der Waals surface area contributed by atoms with Gasteiger partial charge in [-0.05, 0) is 25.5 Å². The molecule has 5 nitrogen and oxygen atoms in total. The summed E-state index contributed by atoms with van der Waals surface area (Å²) < 4.78 is 7.49. The van der Waals surface area contributed by atoms with Crippen molar-refractivity contribution in [3.8, 4) is 0 Å². The van der Waals surface area contributed by atoms with Gasteiger partial charge in [-0.2, -0.15) is 0 Å². The molecule has 0 amide bonds. The van der Waals surface area contributed by atoms with E-state index in [1.54, 1.807) is 6.33 Å². The second-order valence-electron chi connectivity index (χ2n) is 5.19. The first-order chi connectivity index (χ1) is 10.6. The van der Waals surface area contributed by atoms with E-state index in [1.807, 2.05) is 28.8 Å². The molecule has 0 aliphatic carbocycles. The molecule has 0 aliphatic rings. The number of benzene rings is 1. The summed E-state index contributed by atoms with van der Waals surface area (Å²) in [7, 11) is 0. The fourth-order valence-electron chi connectivity index (χ4n) is 1.83. The molecule has 0 spiro atoms. The molecule has 0 radical (unpaired) electrons. The van der Waals surface area contributed by atoms with Crippen molar-refractivity contribution in [2.45, 2.75) is 37.8 Å². The van der Waals surface area contributed by atoms with E-state index < -0.39 is 6.10 Å². The van der Waals surface area contributed by atoms with E-state index in [1.165, 1.54) is 11.8 Å². The van der Waals surface area contributed by atoms with E-state index in [2.05, 4.69) is 24.0 Å². The summed E-state index contributed by atoms with van der Waals surface area (Å²) >= 11 is 7.52. The Bertz CT molecular complexity index is 592. The first kappa shape index (κ1) is 17.3. The third kappa shape index (κ3) is 4.98. The van der Waals surface area contributed by atoms with E-state index in [4.69, 9.17) is 16.3 Å². The van der Waals surface area contributed by atoms with Crippen molar-refractivity contribution in [2.24, 2.45) is 0 Å². The molecule has 2 aromatic rings. The van der Waals surface area contributed by atoms with Crippen molar-refractivity contribution >= 4 is 23.4 Å². The lowest BCUT2D eigenvalue weighted by Crippen LogP contribution is -2.18. The summed E-state index contributed by atoms with van der Waals surface area (Å²) in [4.78, 5) is 0. The normalized spacial score (nSPS) is 12.8. The Kier molecular flexibility index (Phi) is 6.70. The van der Waals surface area contributed by atoms with Gasteiger partial charge in [0.2, 0.25) is 0 Å². The van der Waals surface area contributed by atoms with Gasteiger partial charge >= 0.3 is 0 Å². The van der Waals surface area contributed by atoms with Crippen LogP contribution in [0.3, 0.4) is 0 Å². The van der Waals surface area contributed by atoms with Crippen molar-refractivity contribution < 1.29 is 9.84 Å². The molecule has 0 saturated heterocycles. The highest BCUT2D eigenvalue weighted by Crippen LogP contribution is 2.20. The molecule has 1 aromatic heterocycles. The number of halogens is 1. The van der Waals surface area contributed by atoms with Crippen LogP contribution in [0.15, 0.2) is 35.7 Å². The van der Waals surface area contributed by atoms with Crippen molar-refractivity contribution in [3.05, 3.63) is 41.2 Å². The topological polar surface area (TPSA) is 60.2 Å². The third-order valence-electron chi connectivity index (χ3n) is 3.03. The zero-order chi connectivity index (χ0) is 15.9. The highest BCUT2D eigenvalue weighted by atomic mass is 35.5. The molecule has 1 N–H and O–H groups in total. The minimum Gasteiger partial charge on any atom is -0.390 e. The van der Waals surface area contributed by atoms with E-state index in [0.29, 0.717) is 23.4 Å². The summed E-state index contributed by atoms with van der Waals surface area (Å²) in [5.41, 5.74) is 0.920. The van der Waals surface area contributed by atoms with Gasteiger partial charge in [-0.3, -0.25) is 0 Å². The number of thioether (sulfide) groups is 1. The summed E-state index contributed by atoms with van der Waals surface area (Å²) in [6, 6.07) is 7.82. The smallest absolute Gasteiger partial charge is 0.191 e. The lowest BCUT2D eigenvalue weighted by atomic mass is 10.2. The van der Waals surface area contributed by atoms with Crippen LogP contribution in [-0.2, 0) is 11.3 Å². The Hall–Kier alpha value is -1.08. The van der Waals surface area contributed by atoms with Crippen molar-refractivity contribution in [3.63, 3.8) is 0 Å². The Morgan fingerprint density at radius 1 is 1.36 bits per heavy atom. The molecule has 2 rings (SSSR count). The van der Waals surface area contributed by atoms with Crippen LogP contribution in [0.1, 0.15) is 25.5 Å². The van der Waals surface area contributed by atoms with Crippen LogP contribution in [0.25, 0.3) is 0 Å². The highest BCUT2D eigenvalue weighted by molar-refractivity contribution is 7.99. The molecule has 120 valence electrons. The number of hydrogen-bond donors (Lipinski definition) is 1. The first-order valence-corrected chi connectivity index (χ1v) is 8.45. The largest absolute Gasteiger partial charge is 0.390 e. The van der Waals surface area contributed by atoms with E-state index in [-0.39, 0.29) is 6.61 Å². The molecule has 0 aliphatic heterocycles. The number of aromatic nitrogens is 3. The zero-order valence-electron chi connectivity index (χ0n) is 12.6. The van der Waals surface area contributed by atoms with Crippen molar-refractivity contribution in [2.75, 3.05) is 12.4 Å². The van der Waals surface area contributed by atoms with Gasteiger partial charge in [0.05, 0.1) is 19.3 Å². The van der Waals surface area contributed by atoms with Crippen molar-refractivity contribution in [1.82, 2.24) is 14.8 Å². The van der Waals surface area contributed by atoms with Gasteiger partial charge in [0.1, 0.15) is 6.33 Å². The molecule has 0 bridgehead atoms. The second kappa shape index (κ2) is 8.53. The Balaban J connectivity index is 1.73. The van der Waals surface area contributed by atoms with Gasteiger partial charge in [0.25, 0.3) is 0 Å². The fourth-order valence-corrected chi connectivity index (χ4v) is 2.97. The lowest BCUT2D eigenvalue weighted by Gasteiger charge is -2.13. The van der Waals surface area contributed by atoms with Crippen LogP contribution in [0.4, 0.5) is 0 Å². The molecule has 1 unspecified atom stereocenters. The van der Waals surface area contributed by atoms with Gasteiger partial charge in [0.15, 0.2) is 5.16 Å². The van der Waals surface area contributed by atoms with Crippen LogP contribution in [0.5, 0.6) is 0 Å². The van der Waals surface area contributed by atoms with Crippen molar-refractivity contribution in [1.29, 1.82) is 0 Å². The van der Waals surface area contributed by atoms with Crippen LogP contribution in [0.2, 0.25) is 5.02 Å². The Morgan fingerprint density at radius 3 is 2.86 bits per heavy atom. The zero-order valence-corrected chi connectivity index (χ0v) is 14.2. The quantitative estimate of drug-likeness (QED) is 0.747. The summed E-state index contributed by atoms with van der Waals surface area (Å²) in [5.74, 6) is 0.508. The Labute approximate surface area is 139 Å². The highest BCUT2D eigenvalue weighted by Gasteiger charge is 2.12. The van der Waals surface area contributed by atoms with Gasteiger partial charge < -0.3 is 14.4 Å². The maximum absolute atomic E-state index is 9.99. The monoisotopic (exact) mass is 341 g/mol. The number of nitrogens with zero attached hydrogens (tertiary/aromatic N) is 3. The minimum atomic E-state index is -0.565. The second-order valence-corrected chi connectivity index (χ2v) is 6.58. The van der Waals surface area contributed by atoms with Gasteiger partial charge in [-0.25, -0.2) is 0 Å². The SMILES string of the molecule is CC(C)n1cnnc1SCC(O)COCc1ccccc1Cl. The lowest BCUT2D eigenvalue weighted by molar-refractivity contribution is 0.0398. The number of rotatable bonds is 8. The molecule has 7 heteroatoms. The maximum Gasteiger partial charge on any atom is 0.191 e. The summed E-state index contributed by atoms with van der Waals surface area (Å²) in [6.45, 7) is 4.78. The van der Waals surface area contributed by atoms with Crippen LogP contribution in [-0.4, -0.2) is 38.3 Å². The number of ether oxygens (including phenoxy) is 1.